The highest BCUT2D eigenvalue weighted by atomic mass is 32.2. The SMILES string of the molecule is Cc1ccc(-n2c(SCC(=O)NN=Cc3ccco3)nnc2-c2ccccc2)cc1. The highest BCUT2D eigenvalue weighted by molar-refractivity contribution is 7.99. The van der Waals surface area contributed by atoms with Gasteiger partial charge in [0.1, 0.15) is 5.76 Å². The van der Waals surface area contributed by atoms with E-state index >= 15 is 0 Å². The molecule has 8 heteroatoms. The lowest BCUT2D eigenvalue weighted by Crippen LogP contribution is -2.19. The lowest BCUT2D eigenvalue weighted by molar-refractivity contribution is -0.118. The van der Waals surface area contributed by atoms with Crippen LogP contribution < -0.4 is 5.43 Å². The van der Waals surface area contributed by atoms with E-state index < -0.39 is 0 Å². The number of nitrogens with zero attached hydrogens (tertiary/aromatic N) is 4. The number of benzene rings is 2. The van der Waals surface area contributed by atoms with Crippen molar-refractivity contribution in [3.8, 4) is 17.1 Å². The standard InChI is InChI=1S/C22H19N5O2S/c1-16-9-11-18(12-10-16)27-21(17-6-3-2-4-7-17)25-26-22(27)30-15-20(28)24-23-14-19-8-5-13-29-19/h2-14H,15H2,1H3,(H,24,28). The molecule has 1 N–H and O–H groups in total. The molecule has 0 aliphatic heterocycles. The molecular formula is C22H19N5O2S. The Labute approximate surface area is 177 Å². The van der Waals surface area contributed by atoms with Crippen LogP contribution in [0.4, 0.5) is 0 Å². The molecular weight excluding hydrogens is 398 g/mol. The first-order valence-corrected chi connectivity index (χ1v) is 10.3. The highest BCUT2D eigenvalue weighted by Crippen LogP contribution is 2.28. The maximum Gasteiger partial charge on any atom is 0.250 e. The van der Waals surface area contributed by atoms with Gasteiger partial charge in [-0.25, -0.2) is 5.43 Å². The third kappa shape index (κ3) is 4.66. The molecule has 150 valence electrons. The zero-order chi connectivity index (χ0) is 20.8. The molecule has 0 aliphatic rings. The molecule has 4 aromatic rings. The van der Waals surface area contributed by atoms with Crippen molar-refractivity contribution in [3.63, 3.8) is 0 Å². The summed E-state index contributed by atoms with van der Waals surface area (Å²) in [5.41, 5.74) is 5.53. The van der Waals surface area contributed by atoms with Crippen LogP contribution in [0.5, 0.6) is 0 Å². The summed E-state index contributed by atoms with van der Waals surface area (Å²) in [5, 5.41) is 13.2. The number of nitrogens with one attached hydrogen (secondary N) is 1. The van der Waals surface area contributed by atoms with Gasteiger partial charge in [-0.2, -0.15) is 5.10 Å². The Morgan fingerprint density at radius 1 is 1.10 bits per heavy atom. The molecule has 7 nitrogen and oxygen atoms in total. The fourth-order valence-electron chi connectivity index (χ4n) is 2.76. The molecule has 0 saturated heterocycles. The van der Waals surface area contributed by atoms with E-state index in [1.165, 1.54) is 18.0 Å². The van der Waals surface area contributed by atoms with Gasteiger partial charge in [-0.15, -0.1) is 10.2 Å². The smallest absolute Gasteiger partial charge is 0.250 e. The van der Waals surface area contributed by atoms with Crippen molar-refractivity contribution in [2.75, 3.05) is 5.75 Å². The van der Waals surface area contributed by atoms with Crippen LogP contribution in [0.1, 0.15) is 11.3 Å². The number of carbonyl (C=O) groups is 1. The van der Waals surface area contributed by atoms with Gasteiger partial charge in [0.15, 0.2) is 11.0 Å². The van der Waals surface area contributed by atoms with Crippen LogP contribution in [0.15, 0.2) is 87.7 Å². The average Bonchev–Trinajstić information content (AvgIpc) is 3.43. The number of hydrogen-bond acceptors (Lipinski definition) is 6. The summed E-state index contributed by atoms with van der Waals surface area (Å²) in [7, 11) is 0. The summed E-state index contributed by atoms with van der Waals surface area (Å²) < 4.78 is 7.09. The third-order valence-electron chi connectivity index (χ3n) is 4.21. The van der Waals surface area contributed by atoms with Crippen molar-refractivity contribution < 1.29 is 9.21 Å². The molecule has 2 aromatic heterocycles. The maximum absolute atomic E-state index is 12.2. The molecule has 0 atom stereocenters. The molecule has 0 radical (unpaired) electrons. The summed E-state index contributed by atoms with van der Waals surface area (Å²) in [4.78, 5) is 12.2. The Morgan fingerprint density at radius 2 is 1.90 bits per heavy atom. The van der Waals surface area contributed by atoms with Crippen molar-refractivity contribution >= 4 is 23.9 Å². The third-order valence-corrected chi connectivity index (χ3v) is 5.14. The van der Waals surface area contributed by atoms with E-state index in [2.05, 4.69) is 20.7 Å². The number of carbonyl (C=O) groups excluding carboxylic acids is 1. The molecule has 1 amide bonds. The zero-order valence-electron chi connectivity index (χ0n) is 16.2. The van der Waals surface area contributed by atoms with Gasteiger partial charge in [-0.05, 0) is 31.2 Å². The molecule has 0 bridgehead atoms. The zero-order valence-corrected chi connectivity index (χ0v) is 17.0. The summed E-state index contributed by atoms with van der Waals surface area (Å²) in [6.07, 6.45) is 2.99. The van der Waals surface area contributed by atoms with Crippen molar-refractivity contribution in [2.45, 2.75) is 12.1 Å². The average molecular weight is 417 g/mol. The van der Waals surface area contributed by atoms with Gasteiger partial charge >= 0.3 is 0 Å². The minimum atomic E-state index is -0.248. The van der Waals surface area contributed by atoms with Crippen molar-refractivity contribution in [3.05, 3.63) is 84.3 Å². The van der Waals surface area contributed by atoms with Gasteiger partial charge in [-0.1, -0.05) is 59.8 Å². The number of hydrogen-bond donors (Lipinski definition) is 1. The summed E-state index contributed by atoms with van der Waals surface area (Å²) in [6, 6.07) is 21.5. The van der Waals surface area contributed by atoms with Crippen molar-refractivity contribution in [2.24, 2.45) is 5.10 Å². The Hall–Kier alpha value is -3.65. The van der Waals surface area contributed by atoms with E-state index in [0.29, 0.717) is 10.9 Å². The number of thioether (sulfide) groups is 1. The van der Waals surface area contributed by atoms with Crippen LogP contribution in [-0.2, 0) is 4.79 Å². The second-order valence-corrected chi connectivity index (χ2v) is 7.38. The Bertz CT molecular complexity index is 1140. The second kappa shape index (κ2) is 9.23. The van der Waals surface area contributed by atoms with Crippen molar-refractivity contribution in [1.29, 1.82) is 0 Å². The lowest BCUT2D eigenvalue weighted by Gasteiger charge is -2.10. The molecule has 0 fully saturated rings. The number of amides is 1. The first kappa shape index (κ1) is 19.7. The molecule has 0 unspecified atom stereocenters. The van der Waals surface area contributed by atoms with Gasteiger partial charge < -0.3 is 4.42 Å². The fourth-order valence-corrected chi connectivity index (χ4v) is 3.50. The number of aromatic nitrogens is 3. The number of rotatable bonds is 7. The largest absolute Gasteiger partial charge is 0.463 e. The van der Waals surface area contributed by atoms with Crippen LogP contribution >= 0.6 is 11.8 Å². The van der Waals surface area contributed by atoms with E-state index in [1.807, 2.05) is 66.1 Å². The van der Waals surface area contributed by atoms with Gasteiger partial charge in [0, 0.05) is 11.3 Å². The van der Waals surface area contributed by atoms with Gasteiger partial charge in [0.2, 0.25) is 0 Å². The van der Waals surface area contributed by atoms with Crippen LogP contribution in [-0.4, -0.2) is 32.6 Å². The fraction of sp³-hybridized carbons (Fsp3) is 0.0909. The molecule has 30 heavy (non-hydrogen) atoms. The minimum absolute atomic E-state index is 0.147. The van der Waals surface area contributed by atoms with Crippen LogP contribution in [0.2, 0.25) is 0 Å². The topological polar surface area (TPSA) is 85.3 Å². The summed E-state index contributed by atoms with van der Waals surface area (Å²) in [5.74, 6) is 1.18. The van der Waals surface area contributed by atoms with E-state index in [-0.39, 0.29) is 11.7 Å². The van der Waals surface area contributed by atoms with Crippen LogP contribution in [0, 0.1) is 6.92 Å². The quantitative estimate of drug-likeness (QED) is 0.278. The van der Waals surface area contributed by atoms with Gasteiger partial charge in [-0.3, -0.25) is 9.36 Å². The number of furan rings is 1. The minimum Gasteiger partial charge on any atom is -0.463 e. The van der Waals surface area contributed by atoms with Crippen molar-refractivity contribution in [1.82, 2.24) is 20.2 Å². The maximum atomic E-state index is 12.2. The van der Waals surface area contributed by atoms with E-state index in [4.69, 9.17) is 4.42 Å². The molecule has 2 heterocycles. The van der Waals surface area contributed by atoms with E-state index in [0.717, 1.165) is 22.6 Å². The predicted octanol–water partition coefficient (Wildman–Crippen LogP) is 4.08. The molecule has 0 spiro atoms. The molecule has 0 saturated carbocycles. The Morgan fingerprint density at radius 3 is 2.63 bits per heavy atom. The Balaban J connectivity index is 1.53. The summed E-state index contributed by atoms with van der Waals surface area (Å²) >= 11 is 1.30. The van der Waals surface area contributed by atoms with E-state index in [1.54, 1.807) is 18.4 Å². The molecule has 4 rings (SSSR count). The monoisotopic (exact) mass is 417 g/mol. The van der Waals surface area contributed by atoms with Crippen LogP contribution in [0.25, 0.3) is 17.1 Å². The normalized spacial score (nSPS) is 11.1. The summed E-state index contributed by atoms with van der Waals surface area (Å²) in [6.45, 7) is 2.04. The number of aryl methyl sites for hydroxylation is 1. The second-order valence-electron chi connectivity index (χ2n) is 6.44. The first-order chi connectivity index (χ1) is 14.7. The van der Waals surface area contributed by atoms with Gasteiger partial charge in [0.25, 0.3) is 5.91 Å². The first-order valence-electron chi connectivity index (χ1n) is 9.27. The molecule has 0 aliphatic carbocycles. The van der Waals surface area contributed by atoms with E-state index in [9.17, 15) is 4.79 Å². The highest BCUT2D eigenvalue weighted by Gasteiger charge is 2.17. The predicted molar refractivity (Wildman–Crippen MR) is 117 cm³/mol. The molecule has 2 aromatic carbocycles. The lowest BCUT2D eigenvalue weighted by atomic mass is 10.2. The number of hydrazone groups is 1. The van der Waals surface area contributed by atoms with Crippen LogP contribution in [0.3, 0.4) is 0 Å². The van der Waals surface area contributed by atoms with Gasteiger partial charge in [0.05, 0.1) is 18.2 Å². The Kier molecular flexibility index (Phi) is 6.05.